The minimum absolute atomic E-state index is 0.0568. The summed E-state index contributed by atoms with van der Waals surface area (Å²) in [4.78, 5) is 61.9. The second-order valence-corrected chi connectivity index (χ2v) is 22.5. The Kier molecular flexibility index (Phi) is 33.4. The molecule has 8 atom stereocenters. The largest absolute Gasteiger partial charge is 0.481 e. The van der Waals surface area contributed by atoms with Gasteiger partial charge in [-0.1, -0.05) is 188 Å². The van der Waals surface area contributed by atoms with Gasteiger partial charge < -0.3 is 39.9 Å². The van der Waals surface area contributed by atoms with E-state index in [0.717, 1.165) is 67.8 Å². The van der Waals surface area contributed by atoms with Gasteiger partial charge in [0.05, 0.1) is 13.2 Å². The third kappa shape index (κ3) is 30.4. The molecule has 0 amide bonds. The number of carbonyl (C=O) groups excluding carboxylic acids is 2. The van der Waals surface area contributed by atoms with E-state index >= 15 is 0 Å². The first-order valence-corrected chi connectivity index (χ1v) is 29.3. The maximum absolute atomic E-state index is 12.9. The Bertz CT molecular complexity index is 1690. The van der Waals surface area contributed by atoms with Crippen molar-refractivity contribution in [3.8, 4) is 0 Å². The highest BCUT2D eigenvalue weighted by molar-refractivity contribution is 7.61. The molecule has 0 aromatic carbocycles. The summed E-state index contributed by atoms with van der Waals surface area (Å²) in [6.45, 7) is 6.83. The Morgan fingerprint density at radius 2 is 1.16 bits per heavy atom. The van der Waals surface area contributed by atoms with Crippen LogP contribution in [0.25, 0.3) is 0 Å². The predicted octanol–water partition coefficient (Wildman–Crippen LogP) is 10.8. The van der Waals surface area contributed by atoms with Crippen LogP contribution in [0.5, 0.6) is 0 Å². The second kappa shape index (κ2) is 36.6. The van der Waals surface area contributed by atoms with Crippen LogP contribution in [0.2, 0.25) is 0 Å². The number of carbonyl (C=O) groups is 2. The zero-order chi connectivity index (χ0) is 50.9. The highest BCUT2D eigenvalue weighted by atomic mass is 31.3. The van der Waals surface area contributed by atoms with E-state index in [0.29, 0.717) is 12.8 Å². The minimum Gasteiger partial charge on any atom is -0.462 e. The van der Waals surface area contributed by atoms with Crippen LogP contribution in [0.1, 0.15) is 220 Å². The summed E-state index contributed by atoms with van der Waals surface area (Å²) in [6.07, 6.45) is 24.7. The molecule has 1 aliphatic heterocycles. The first kappa shape index (κ1) is 62.9. The van der Waals surface area contributed by atoms with Crippen LogP contribution in [-0.2, 0) is 46.3 Å². The van der Waals surface area contributed by atoms with Crippen molar-refractivity contribution in [1.82, 2.24) is 9.55 Å². The van der Waals surface area contributed by atoms with Crippen molar-refractivity contribution >= 4 is 33.4 Å². The van der Waals surface area contributed by atoms with Gasteiger partial charge in [0.15, 0.2) is 12.3 Å². The highest BCUT2D eigenvalue weighted by Crippen LogP contribution is 2.60. The number of nitrogen functional groups attached to an aromatic ring is 1. The number of phosphoric acid groups is 2. The molecule has 2 heterocycles. The van der Waals surface area contributed by atoms with E-state index in [-0.39, 0.29) is 18.7 Å². The van der Waals surface area contributed by atoms with Crippen molar-refractivity contribution in [3.05, 3.63) is 22.7 Å². The van der Waals surface area contributed by atoms with E-state index in [2.05, 4.69) is 37.0 Å². The SMILES string of the molecule is CCC(C)CCCCCCCCCCCCCCCCC(=O)O[C@H](COC(=O)CCCCCCCCCCCCC(C)C)COP(=O)(O)OP(=O)(O)OC[C@H]1O[C@@H](n2ccc(N)nc2=O)C(O)[C@H]1O. The number of unbranched alkanes of at least 4 members (excludes halogenated alkanes) is 22. The first-order chi connectivity index (χ1) is 32.9. The number of anilines is 1. The van der Waals surface area contributed by atoms with Gasteiger partial charge >= 0.3 is 33.3 Å². The summed E-state index contributed by atoms with van der Waals surface area (Å²) in [5.74, 6) is 0.322. The van der Waals surface area contributed by atoms with Crippen molar-refractivity contribution in [2.75, 3.05) is 25.6 Å². The van der Waals surface area contributed by atoms with E-state index in [1.165, 1.54) is 121 Å². The van der Waals surface area contributed by atoms with E-state index in [1.54, 1.807) is 0 Å². The molecule has 0 radical (unpaired) electrons. The van der Waals surface area contributed by atoms with Gasteiger partial charge in [0.2, 0.25) is 0 Å². The van der Waals surface area contributed by atoms with Gasteiger partial charge in [0.1, 0.15) is 30.7 Å². The lowest BCUT2D eigenvalue weighted by Crippen LogP contribution is -2.36. The molecule has 2 rings (SSSR count). The molecule has 1 saturated heterocycles. The van der Waals surface area contributed by atoms with Crippen LogP contribution in [0, 0.1) is 11.8 Å². The molecule has 0 saturated carbocycles. The maximum atomic E-state index is 12.9. The van der Waals surface area contributed by atoms with Gasteiger partial charge in [-0.15, -0.1) is 0 Å². The van der Waals surface area contributed by atoms with E-state index in [9.17, 15) is 43.5 Å². The van der Waals surface area contributed by atoms with Gasteiger partial charge in [0.25, 0.3) is 0 Å². The normalized spacial score (nSPS) is 19.8. The fraction of sp³-hybridized carbons (Fsp3) is 0.878. The van der Waals surface area contributed by atoms with Gasteiger partial charge in [-0.2, -0.15) is 9.29 Å². The molecule has 1 aromatic rings. The number of hydrogen-bond acceptors (Lipinski definition) is 15. The van der Waals surface area contributed by atoms with E-state index in [4.69, 9.17) is 29.0 Å². The first-order valence-electron chi connectivity index (χ1n) is 26.3. The van der Waals surface area contributed by atoms with Crippen molar-refractivity contribution in [2.24, 2.45) is 11.8 Å². The minimum atomic E-state index is -5.42. The van der Waals surface area contributed by atoms with Crippen molar-refractivity contribution in [1.29, 1.82) is 0 Å². The summed E-state index contributed by atoms with van der Waals surface area (Å²) < 4.78 is 56.8. The van der Waals surface area contributed by atoms with Crippen molar-refractivity contribution in [3.63, 3.8) is 0 Å². The molecule has 0 aliphatic carbocycles. The molecule has 4 unspecified atom stereocenters. The summed E-state index contributed by atoms with van der Waals surface area (Å²) in [5, 5.41) is 20.9. The molecule has 20 heteroatoms. The zero-order valence-corrected chi connectivity index (χ0v) is 44.3. The number of ether oxygens (including phenoxy) is 3. The number of aromatic nitrogens is 2. The van der Waals surface area contributed by atoms with Gasteiger partial charge in [-0.3, -0.25) is 23.2 Å². The number of aliphatic hydroxyl groups is 2. The lowest BCUT2D eigenvalue weighted by molar-refractivity contribution is -0.161. The molecule has 1 fully saturated rings. The smallest absolute Gasteiger partial charge is 0.462 e. The van der Waals surface area contributed by atoms with Crippen molar-refractivity contribution in [2.45, 2.75) is 245 Å². The molecular formula is C49H91N3O15P2. The topological polar surface area (TPSA) is 265 Å². The highest BCUT2D eigenvalue weighted by Gasteiger charge is 2.46. The third-order valence-electron chi connectivity index (χ3n) is 12.7. The molecule has 1 aliphatic rings. The third-order valence-corrected chi connectivity index (χ3v) is 15.3. The number of esters is 2. The zero-order valence-electron chi connectivity index (χ0n) is 42.5. The molecule has 1 aromatic heterocycles. The number of nitrogens with two attached hydrogens (primary N) is 1. The fourth-order valence-electron chi connectivity index (χ4n) is 8.18. The average Bonchev–Trinajstić information content (AvgIpc) is 3.57. The monoisotopic (exact) mass is 1020 g/mol. The number of phosphoric ester groups is 2. The van der Waals surface area contributed by atoms with Gasteiger partial charge in [0, 0.05) is 19.0 Å². The number of nitrogens with zero attached hydrogens (tertiary/aromatic N) is 2. The van der Waals surface area contributed by atoms with E-state index < -0.39 is 83.7 Å². The van der Waals surface area contributed by atoms with Crippen LogP contribution in [0.4, 0.5) is 5.82 Å². The number of aliphatic hydroxyl groups excluding tert-OH is 2. The Hall–Kier alpha value is -2.24. The average molecular weight is 1020 g/mol. The van der Waals surface area contributed by atoms with E-state index in [1.807, 2.05) is 0 Å². The summed E-state index contributed by atoms with van der Waals surface area (Å²) in [6, 6.07) is 1.25. The summed E-state index contributed by atoms with van der Waals surface area (Å²) in [5.41, 5.74) is 4.59. The molecule has 0 spiro atoms. The number of hydrogen-bond donors (Lipinski definition) is 5. The van der Waals surface area contributed by atoms with Crippen molar-refractivity contribution < 1.29 is 66.3 Å². The fourth-order valence-corrected chi connectivity index (χ4v) is 10.3. The number of rotatable bonds is 43. The van der Waals surface area contributed by atoms with Gasteiger partial charge in [-0.05, 0) is 30.7 Å². The maximum Gasteiger partial charge on any atom is 0.481 e. The lowest BCUT2D eigenvalue weighted by Gasteiger charge is -2.21. The molecule has 0 bridgehead atoms. The summed E-state index contributed by atoms with van der Waals surface area (Å²) in [7, 11) is -10.8. The van der Waals surface area contributed by atoms with Crippen LogP contribution in [0.15, 0.2) is 17.1 Å². The van der Waals surface area contributed by atoms with Crippen LogP contribution >= 0.6 is 15.6 Å². The molecule has 18 nitrogen and oxygen atoms in total. The van der Waals surface area contributed by atoms with Crippen LogP contribution < -0.4 is 11.4 Å². The van der Waals surface area contributed by atoms with Crippen LogP contribution in [-0.4, -0.2) is 85.7 Å². The molecule has 6 N–H and O–H groups in total. The predicted molar refractivity (Wildman–Crippen MR) is 266 cm³/mol. The van der Waals surface area contributed by atoms with Gasteiger partial charge in [-0.25, -0.2) is 13.9 Å². The quantitative estimate of drug-likeness (QED) is 0.0231. The molecular weight excluding hydrogens is 932 g/mol. The Balaban J connectivity index is 1.78. The Morgan fingerprint density at radius 1 is 0.696 bits per heavy atom. The second-order valence-electron chi connectivity index (χ2n) is 19.5. The molecule has 69 heavy (non-hydrogen) atoms. The Labute approximate surface area is 412 Å². The standard InChI is InChI=1S/C49H91N3O15P2/c1-5-40(4)31-27-23-19-15-10-8-6-7-9-11-17-21-25-29-33-45(54)65-41(36-62-44(53)32-28-24-20-16-13-12-14-18-22-26-30-39(2)3)37-63-68(58,59)67-69(60,61)64-38-42-46(55)47(56)48(66-42)52-35-34-43(50)51-49(52)57/h34-35,39-42,46-48,55-56H,5-33,36-38H2,1-4H3,(H,58,59)(H,60,61)(H2,50,51,57)/t40?,41-,42-,46+,47?,48-/m1/s1. The lowest BCUT2D eigenvalue weighted by atomic mass is 9.99. The molecule has 402 valence electrons. The Morgan fingerprint density at radius 3 is 1.65 bits per heavy atom. The summed E-state index contributed by atoms with van der Waals surface area (Å²) >= 11 is 0. The van der Waals surface area contributed by atoms with Crippen LogP contribution in [0.3, 0.4) is 0 Å².